The average molecular weight is 405 g/mol. The van der Waals surface area contributed by atoms with Gasteiger partial charge in [0.05, 0.1) is 21.8 Å². The molecule has 1 aromatic carbocycles. The number of nitrogens with one attached hydrogen (secondary N) is 1. The van der Waals surface area contributed by atoms with E-state index in [1.807, 2.05) is 4.83 Å². The smallest absolute Gasteiger partial charge is 0.284 e. The van der Waals surface area contributed by atoms with E-state index in [4.69, 9.17) is 4.42 Å². The van der Waals surface area contributed by atoms with Crippen molar-refractivity contribution in [2.75, 3.05) is 0 Å². The number of thioether (sulfide) groups is 1. The summed E-state index contributed by atoms with van der Waals surface area (Å²) >= 11 is 0.390. The number of hydrogen-bond acceptors (Lipinski definition) is 7. The summed E-state index contributed by atoms with van der Waals surface area (Å²) in [7, 11) is -4.12. The number of sulfonamides is 1. The van der Waals surface area contributed by atoms with Crippen LogP contribution >= 0.6 is 11.8 Å². The zero-order chi connectivity index (χ0) is 19.3. The molecule has 0 bridgehead atoms. The Morgan fingerprint density at radius 3 is 2.77 bits per heavy atom. The number of nitro benzene ring substituents is 1. The number of benzene rings is 1. The summed E-state index contributed by atoms with van der Waals surface area (Å²) in [6.07, 6.45) is 1.05. The number of furan rings is 1. The van der Waals surface area contributed by atoms with Gasteiger partial charge in [0.1, 0.15) is 11.5 Å². The van der Waals surface area contributed by atoms with E-state index in [0.29, 0.717) is 17.3 Å². The second-order valence-corrected chi connectivity index (χ2v) is 7.57. The third-order valence-electron chi connectivity index (χ3n) is 3.09. The molecule has 0 atom stereocenters. The van der Waals surface area contributed by atoms with Crippen molar-refractivity contribution in [3.63, 3.8) is 0 Å². The van der Waals surface area contributed by atoms with E-state index in [-0.39, 0.29) is 27.9 Å². The molecule has 1 N–H and O–H groups in total. The van der Waals surface area contributed by atoms with Gasteiger partial charge in [-0.25, -0.2) is 0 Å². The van der Waals surface area contributed by atoms with Gasteiger partial charge in [-0.2, -0.15) is 27.1 Å². The van der Waals surface area contributed by atoms with Crippen molar-refractivity contribution in [3.8, 4) is 0 Å². The van der Waals surface area contributed by atoms with Crippen LogP contribution < -0.4 is 4.83 Å². The van der Waals surface area contributed by atoms with Gasteiger partial charge >= 0.3 is 0 Å². The Bertz CT molecular complexity index is 928. The molecule has 0 radical (unpaired) electrons. The largest absolute Gasteiger partial charge is 0.459 e. The monoisotopic (exact) mass is 405 g/mol. The second kappa shape index (κ2) is 8.27. The highest BCUT2D eigenvalue weighted by atomic mass is 32.2. The summed E-state index contributed by atoms with van der Waals surface area (Å²) < 4.78 is 53.6. The number of alkyl halides is 2. The van der Waals surface area contributed by atoms with Crippen molar-refractivity contribution in [2.45, 2.75) is 23.3 Å². The number of rotatable bonds is 8. The van der Waals surface area contributed by atoms with Gasteiger partial charge < -0.3 is 4.42 Å². The van der Waals surface area contributed by atoms with Gasteiger partial charge in [-0.05, 0) is 25.1 Å². The molecule has 0 aliphatic rings. The number of nitrogens with zero attached hydrogens (tertiary/aromatic N) is 2. The highest BCUT2D eigenvalue weighted by molar-refractivity contribution is 7.98. The molecule has 0 amide bonds. The maximum Gasteiger partial charge on any atom is 0.284 e. The molecule has 0 aliphatic carbocycles. The fourth-order valence-electron chi connectivity index (χ4n) is 1.85. The van der Waals surface area contributed by atoms with Crippen molar-refractivity contribution in [1.82, 2.24) is 4.83 Å². The molecule has 12 heteroatoms. The van der Waals surface area contributed by atoms with E-state index in [1.165, 1.54) is 31.2 Å². The quantitative estimate of drug-likeness (QED) is 0.409. The molecular weight excluding hydrogens is 392 g/mol. The Hall–Kier alpha value is -2.47. The van der Waals surface area contributed by atoms with Crippen LogP contribution in [0.3, 0.4) is 0 Å². The molecule has 2 rings (SSSR count). The van der Waals surface area contributed by atoms with E-state index >= 15 is 0 Å². The minimum Gasteiger partial charge on any atom is -0.459 e. The average Bonchev–Trinajstić information content (AvgIpc) is 3.00. The minimum absolute atomic E-state index is 0.0374. The highest BCUT2D eigenvalue weighted by Crippen LogP contribution is 2.22. The predicted octanol–water partition coefficient (Wildman–Crippen LogP) is 3.26. The molecule has 2 aromatic rings. The third-order valence-corrected chi connectivity index (χ3v) is 5.01. The normalized spacial score (nSPS) is 12.0. The summed E-state index contributed by atoms with van der Waals surface area (Å²) in [5.41, 5.74) is -0.00806. The Morgan fingerprint density at radius 2 is 2.12 bits per heavy atom. The summed E-state index contributed by atoms with van der Waals surface area (Å²) in [6.45, 7) is 1.49. The third kappa shape index (κ3) is 5.26. The van der Waals surface area contributed by atoms with E-state index in [0.717, 1.165) is 12.3 Å². The van der Waals surface area contributed by atoms with Crippen molar-refractivity contribution in [2.24, 2.45) is 5.10 Å². The summed E-state index contributed by atoms with van der Waals surface area (Å²) in [5.74, 6) is -2.12. The first-order valence-electron chi connectivity index (χ1n) is 6.97. The molecule has 0 spiro atoms. The summed E-state index contributed by atoms with van der Waals surface area (Å²) in [6, 6.07) is 6.37. The van der Waals surface area contributed by atoms with Crippen LogP contribution in [0.25, 0.3) is 0 Å². The molecule has 140 valence electrons. The highest BCUT2D eigenvalue weighted by Gasteiger charge is 2.19. The van der Waals surface area contributed by atoms with E-state index in [9.17, 15) is 27.3 Å². The number of hydrogen-bond donors (Lipinski definition) is 1. The van der Waals surface area contributed by atoms with Crippen molar-refractivity contribution in [1.29, 1.82) is 0 Å². The molecular formula is C14H13F2N3O5S2. The lowest BCUT2D eigenvalue weighted by atomic mass is 10.2. The fourth-order valence-corrected chi connectivity index (χ4v) is 3.11. The molecule has 0 saturated carbocycles. The molecule has 0 unspecified atom stereocenters. The lowest BCUT2D eigenvalue weighted by molar-refractivity contribution is -0.385. The van der Waals surface area contributed by atoms with Gasteiger partial charge in [0.25, 0.3) is 21.5 Å². The van der Waals surface area contributed by atoms with Crippen LogP contribution in [0.15, 0.2) is 44.7 Å². The van der Waals surface area contributed by atoms with Gasteiger partial charge in [0.2, 0.25) is 0 Å². The molecule has 26 heavy (non-hydrogen) atoms. The number of nitro groups is 1. The molecule has 0 saturated heterocycles. The Kier molecular flexibility index (Phi) is 6.32. The Labute approximate surface area is 151 Å². The van der Waals surface area contributed by atoms with E-state index in [1.54, 1.807) is 0 Å². The van der Waals surface area contributed by atoms with E-state index in [2.05, 4.69) is 5.10 Å². The minimum atomic E-state index is -4.12. The zero-order valence-corrected chi connectivity index (χ0v) is 14.9. The second-order valence-electron chi connectivity index (χ2n) is 4.93. The molecule has 1 aromatic heterocycles. The van der Waals surface area contributed by atoms with Crippen molar-refractivity contribution < 1.29 is 26.5 Å². The lowest BCUT2D eigenvalue weighted by Crippen LogP contribution is -2.18. The van der Waals surface area contributed by atoms with Crippen molar-refractivity contribution in [3.05, 3.63) is 57.5 Å². The fraction of sp³-hybridized carbons (Fsp3) is 0.214. The maximum atomic E-state index is 12.1. The predicted molar refractivity (Wildman–Crippen MR) is 91.8 cm³/mol. The van der Waals surface area contributed by atoms with Gasteiger partial charge in [-0.1, -0.05) is 17.8 Å². The SMILES string of the molecule is Cc1ccc(S(=O)(=O)N/N=C\c2ccc(CSC(F)F)o2)cc1[N+](=O)[O-]. The molecule has 0 fully saturated rings. The van der Waals surface area contributed by atoms with Gasteiger partial charge in [-0.3, -0.25) is 10.1 Å². The molecule has 1 heterocycles. The maximum absolute atomic E-state index is 12.1. The molecule has 8 nitrogen and oxygen atoms in total. The lowest BCUT2D eigenvalue weighted by Gasteiger charge is -2.04. The van der Waals surface area contributed by atoms with E-state index < -0.39 is 20.7 Å². The van der Waals surface area contributed by atoms with Crippen LogP contribution in [0.2, 0.25) is 0 Å². The van der Waals surface area contributed by atoms with Gasteiger partial charge in [0, 0.05) is 11.6 Å². The summed E-state index contributed by atoms with van der Waals surface area (Å²) in [5, 5.41) is 14.4. The van der Waals surface area contributed by atoms with Gasteiger partial charge in [0.15, 0.2) is 0 Å². The van der Waals surface area contributed by atoms with Crippen LogP contribution in [0.5, 0.6) is 0 Å². The first-order valence-corrected chi connectivity index (χ1v) is 9.50. The first-order chi connectivity index (χ1) is 12.2. The Balaban J connectivity index is 2.07. The molecule has 0 aliphatic heterocycles. The van der Waals surface area contributed by atoms with Crippen LogP contribution in [0.1, 0.15) is 17.1 Å². The standard InChI is InChI=1S/C14H13F2N3O5S2/c1-9-2-5-12(6-13(9)19(20)21)26(22,23)18-17-7-10-3-4-11(24-10)8-25-14(15)16/h2-7,14,18H,8H2,1H3/b17-7-. The number of aryl methyl sites for hydroxylation is 1. The Morgan fingerprint density at radius 1 is 1.38 bits per heavy atom. The first kappa shape index (κ1) is 19.8. The van der Waals surface area contributed by atoms with Crippen molar-refractivity contribution >= 4 is 33.7 Å². The number of hydrazone groups is 1. The van der Waals surface area contributed by atoms with Crippen LogP contribution in [0.4, 0.5) is 14.5 Å². The van der Waals surface area contributed by atoms with Crippen LogP contribution in [-0.2, 0) is 15.8 Å². The number of halogens is 2. The topological polar surface area (TPSA) is 115 Å². The summed E-state index contributed by atoms with van der Waals surface area (Å²) in [4.78, 5) is 11.8. The zero-order valence-electron chi connectivity index (χ0n) is 13.3. The van der Waals surface area contributed by atoms with Crippen LogP contribution in [-0.4, -0.2) is 25.3 Å². The van der Waals surface area contributed by atoms with Crippen LogP contribution in [0, 0.1) is 17.0 Å². The van der Waals surface area contributed by atoms with Gasteiger partial charge in [-0.15, -0.1) is 0 Å².